The molecule has 0 aromatic carbocycles. The Bertz CT molecular complexity index is 338. The number of nitrogens with zero attached hydrogens (tertiary/aromatic N) is 1. The van der Waals surface area contributed by atoms with Gasteiger partial charge in [-0.05, 0) is 44.4 Å². The van der Waals surface area contributed by atoms with Crippen LogP contribution in [0, 0.1) is 18.8 Å². The zero-order chi connectivity index (χ0) is 12.3. The molecule has 96 valence electrons. The van der Waals surface area contributed by atoms with E-state index < -0.39 is 0 Å². The van der Waals surface area contributed by atoms with Crippen molar-refractivity contribution in [1.29, 1.82) is 0 Å². The van der Waals surface area contributed by atoms with Crippen molar-refractivity contribution in [2.45, 2.75) is 59.0 Å². The van der Waals surface area contributed by atoms with Crippen LogP contribution in [0.4, 0.5) is 0 Å². The predicted octanol–water partition coefficient (Wildman–Crippen LogP) is 3.29. The van der Waals surface area contributed by atoms with Crippen LogP contribution in [-0.4, -0.2) is 11.2 Å². The van der Waals surface area contributed by atoms with Crippen LogP contribution in [0.5, 0.6) is 0 Å². The quantitative estimate of drug-likeness (QED) is 0.871. The van der Waals surface area contributed by atoms with Gasteiger partial charge in [0.15, 0.2) is 5.76 Å². The van der Waals surface area contributed by atoms with Crippen molar-refractivity contribution in [3.8, 4) is 0 Å². The summed E-state index contributed by atoms with van der Waals surface area (Å²) in [7, 11) is 0. The molecule has 0 amide bonds. The molecule has 0 radical (unpaired) electrons. The van der Waals surface area contributed by atoms with Crippen LogP contribution in [0.1, 0.15) is 51.0 Å². The summed E-state index contributed by atoms with van der Waals surface area (Å²) in [5, 5.41) is 7.48. The van der Waals surface area contributed by atoms with Crippen LogP contribution < -0.4 is 5.32 Å². The Hall–Kier alpha value is -0.830. The Morgan fingerprint density at radius 3 is 2.59 bits per heavy atom. The zero-order valence-electron chi connectivity index (χ0n) is 11.2. The smallest absolute Gasteiger partial charge is 0.150 e. The van der Waals surface area contributed by atoms with Gasteiger partial charge in [0.25, 0.3) is 0 Å². The van der Waals surface area contributed by atoms with E-state index in [1.165, 1.54) is 25.7 Å². The third-order valence-electron chi connectivity index (χ3n) is 3.96. The molecule has 0 bridgehead atoms. The lowest BCUT2D eigenvalue weighted by atomic mass is 9.80. The second-order valence-corrected chi connectivity index (χ2v) is 5.67. The van der Waals surface area contributed by atoms with E-state index in [0.29, 0.717) is 6.04 Å². The SMILES string of the molecule is Cc1cc(CNC2CCC(C(C)C)CC2)on1. The molecule has 3 heteroatoms. The molecular weight excluding hydrogens is 212 g/mol. The van der Waals surface area contributed by atoms with Gasteiger partial charge < -0.3 is 9.84 Å². The molecule has 1 heterocycles. The van der Waals surface area contributed by atoms with E-state index in [1.54, 1.807) is 0 Å². The second-order valence-electron chi connectivity index (χ2n) is 5.67. The maximum Gasteiger partial charge on any atom is 0.150 e. The number of nitrogens with one attached hydrogen (secondary N) is 1. The molecule has 0 atom stereocenters. The topological polar surface area (TPSA) is 38.1 Å². The highest BCUT2D eigenvalue weighted by atomic mass is 16.5. The Kier molecular flexibility index (Phi) is 4.21. The third kappa shape index (κ3) is 3.56. The first-order valence-electron chi connectivity index (χ1n) is 6.80. The first kappa shape index (κ1) is 12.6. The molecule has 0 unspecified atom stereocenters. The van der Waals surface area contributed by atoms with Crippen molar-refractivity contribution in [3.05, 3.63) is 17.5 Å². The highest BCUT2D eigenvalue weighted by molar-refractivity contribution is 5.02. The van der Waals surface area contributed by atoms with Crippen LogP contribution in [0.15, 0.2) is 10.6 Å². The highest BCUT2D eigenvalue weighted by Crippen LogP contribution is 2.29. The lowest BCUT2D eigenvalue weighted by Crippen LogP contribution is -2.33. The fourth-order valence-electron chi connectivity index (χ4n) is 2.73. The summed E-state index contributed by atoms with van der Waals surface area (Å²) in [5.41, 5.74) is 0.963. The average molecular weight is 236 g/mol. The lowest BCUT2D eigenvalue weighted by molar-refractivity contribution is 0.233. The van der Waals surface area contributed by atoms with E-state index in [1.807, 2.05) is 13.0 Å². The predicted molar refractivity (Wildman–Crippen MR) is 68.7 cm³/mol. The summed E-state index contributed by atoms with van der Waals surface area (Å²) in [6, 6.07) is 2.67. The molecule has 2 rings (SSSR count). The van der Waals surface area contributed by atoms with Gasteiger partial charge >= 0.3 is 0 Å². The van der Waals surface area contributed by atoms with Gasteiger partial charge in [-0.1, -0.05) is 19.0 Å². The molecule has 0 saturated heterocycles. The molecule has 1 saturated carbocycles. The summed E-state index contributed by atoms with van der Waals surface area (Å²) in [6.45, 7) is 7.46. The molecule has 17 heavy (non-hydrogen) atoms. The van der Waals surface area contributed by atoms with Crippen molar-refractivity contribution < 1.29 is 4.52 Å². The summed E-state index contributed by atoms with van der Waals surface area (Å²) in [4.78, 5) is 0. The van der Waals surface area contributed by atoms with Gasteiger partial charge in [-0.15, -0.1) is 0 Å². The maximum absolute atomic E-state index is 5.20. The van der Waals surface area contributed by atoms with Crippen molar-refractivity contribution in [2.24, 2.45) is 11.8 Å². The van der Waals surface area contributed by atoms with Gasteiger partial charge in [0, 0.05) is 12.1 Å². The number of rotatable bonds is 4. The number of aryl methyl sites for hydroxylation is 1. The third-order valence-corrected chi connectivity index (χ3v) is 3.96. The number of hydrogen-bond donors (Lipinski definition) is 1. The van der Waals surface area contributed by atoms with Crippen LogP contribution in [0.3, 0.4) is 0 Å². The van der Waals surface area contributed by atoms with E-state index in [-0.39, 0.29) is 0 Å². The summed E-state index contributed by atoms with van der Waals surface area (Å²) >= 11 is 0. The van der Waals surface area contributed by atoms with Crippen molar-refractivity contribution in [1.82, 2.24) is 10.5 Å². The molecule has 1 aliphatic carbocycles. The minimum Gasteiger partial charge on any atom is -0.360 e. The van der Waals surface area contributed by atoms with Crippen molar-refractivity contribution >= 4 is 0 Å². The monoisotopic (exact) mass is 236 g/mol. The fraction of sp³-hybridized carbons (Fsp3) is 0.786. The Balaban J connectivity index is 1.71. The molecule has 1 aromatic rings. The van der Waals surface area contributed by atoms with E-state index in [9.17, 15) is 0 Å². The maximum atomic E-state index is 5.20. The Morgan fingerprint density at radius 1 is 1.35 bits per heavy atom. The summed E-state index contributed by atoms with van der Waals surface area (Å²) in [5.74, 6) is 2.72. The first-order valence-corrected chi connectivity index (χ1v) is 6.80. The van der Waals surface area contributed by atoms with E-state index >= 15 is 0 Å². The van der Waals surface area contributed by atoms with Gasteiger partial charge in [0.2, 0.25) is 0 Å². The molecule has 0 aliphatic heterocycles. The average Bonchev–Trinajstić information content (AvgIpc) is 2.73. The van der Waals surface area contributed by atoms with Gasteiger partial charge in [-0.2, -0.15) is 0 Å². The molecule has 1 fully saturated rings. The lowest BCUT2D eigenvalue weighted by Gasteiger charge is -2.31. The molecule has 0 spiro atoms. The standard InChI is InChI=1S/C14H24N2O/c1-10(2)12-4-6-13(7-5-12)15-9-14-8-11(3)16-17-14/h8,10,12-13,15H,4-7,9H2,1-3H3. The summed E-state index contributed by atoms with van der Waals surface area (Å²) < 4.78 is 5.20. The zero-order valence-corrected chi connectivity index (χ0v) is 11.2. The second kappa shape index (κ2) is 5.67. The van der Waals surface area contributed by atoms with Crippen LogP contribution in [0.2, 0.25) is 0 Å². The van der Waals surface area contributed by atoms with Crippen LogP contribution in [-0.2, 0) is 6.54 Å². The number of hydrogen-bond acceptors (Lipinski definition) is 3. The number of aromatic nitrogens is 1. The Morgan fingerprint density at radius 2 is 2.06 bits per heavy atom. The highest BCUT2D eigenvalue weighted by Gasteiger charge is 2.22. The van der Waals surface area contributed by atoms with Crippen LogP contribution in [0.25, 0.3) is 0 Å². The molecule has 3 nitrogen and oxygen atoms in total. The van der Waals surface area contributed by atoms with Gasteiger partial charge in [-0.25, -0.2) is 0 Å². The van der Waals surface area contributed by atoms with E-state index in [4.69, 9.17) is 4.52 Å². The van der Waals surface area contributed by atoms with Crippen molar-refractivity contribution in [2.75, 3.05) is 0 Å². The molecule has 1 aliphatic rings. The fourth-order valence-corrected chi connectivity index (χ4v) is 2.73. The van der Waals surface area contributed by atoms with E-state index in [2.05, 4.69) is 24.3 Å². The first-order chi connectivity index (χ1) is 8.15. The van der Waals surface area contributed by atoms with E-state index in [0.717, 1.165) is 29.8 Å². The van der Waals surface area contributed by atoms with Gasteiger partial charge in [0.05, 0.1) is 12.2 Å². The van der Waals surface area contributed by atoms with Gasteiger partial charge in [0.1, 0.15) is 0 Å². The minimum atomic E-state index is 0.662. The Labute approximate surface area is 104 Å². The van der Waals surface area contributed by atoms with Gasteiger partial charge in [-0.3, -0.25) is 0 Å². The van der Waals surface area contributed by atoms with Crippen LogP contribution >= 0.6 is 0 Å². The minimum absolute atomic E-state index is 0.662. The largest absolute Gasteiger partial charge is 0.360 e. The summed E-state index contributed by atoms with van der Waals surface area (Å²) in [6.07, 6.45) is 5.33. The molecule has 1 aromatic heterocycles. The molecular formula is C14H24N2O. The molecule has 1 N–H and O–H groups in total. The normalized spacial score (nSPS) is 25.4. The van der Waals surface area contributed by atoms with Crippen molar-refractivity contribution in [3.63, 3.8) is 0 Å².